The molecule has 0 aliphatic carbocycles. The molecular formula is C16H22F3NO2. The van der Waals surface area contributed by atoms with Gasteiger partial charge in [0.15, 0.2) is 5.60 Å². The third kappa shape index (κ3) is 3.93. The molecule has 1 aromatic rings. The third-order valence-electron chi connectivity index (χ3n) is 4.22. The van der Waals surface area contributed by atoms with Crippen LogP contribution in [0.2, 0.25) is 0 Å². The predicted molar refractivity (Wildman–Crippen MR) is 78.1 cm³/mol. The first-order valence-electron chi connectivity index (χ1n) is 7.43. The quantitative estimate of drug-likeness (QED) is 0.926. The zero-order valence-corrected chi connectivity index (χ0v) is 12.9. The van der Waals surface area contributed by atoms with Gasteiger partial charge in [0.25, 0.3) is 0 Å². The summed E-state index contributed by atoms with van der Waals surface area (Å²) in [7, 11) is 0. The van der Waals surface area contributed by atoms with E-state index in [0.717, 1.165) is 16.9 Å². The second-order valence-electron chi connectivity index (χ2n) is 5.99. The lowest BCUT2D eigenvalue weighted by Crippen LogP contribution is -2.53. The van der Waals surface area contributed by atoms with Crippen LogP contribution in [0.15, 0.2) is 18.2 Å². The minimum absolute atomic E-state index is 0.228. The highest BCUT2D eigenvalue weighted by Crippen LogP contribution is 2.38. The average Bonchev–Trinajstić information content (AvgIpc) is 2.44. The molecule has 0 amide bonds. The first-order chi connectivity index (χ1) is 10.2. The Hall–Kier alpha value is -1.27. The molecule has 22 heavy (non-hydrogen) atoms. The summed E-state index contributed by atoms with van der Waals surface area (Å²) in [6.07, 6.45) is -5.10. The topological polar surface area (TPSA) is 32.7 Å². The van der Waals surface area contributed by atoms with Gasteiger partial charge in [-0.3, -0.25) is 4.90 Å². The van der Waals surface area contributed by atoms with E-state index in [4.69, 9.17) is 4.74 Å². The summed E-state index contributed by atoms with van der Waals surface area (Å²) in [6.45, 7) is 5.38. The summed E-state index contributed by atoms with van der Waals surface area (Å²) in [5, 5.41) is 9.61. The van der Waals surface area contributed by atoms with Gasteiger partial charge >= 0.3 is 6.18 Å². The Morgan fingerprint density at radius 2 is 1.86 bits per heavy atom. The van der Waals surface area contributed by atoms with Crippen LogP contribution in [-0.2, 0) is 0 Å². The Labute approximate surface area is 128 Å². The van der Waals surface area contributed by atoms with Gasteiger partial charge in [-0.15, -0.1) is 0 Å². The molecule has 0 bridgehead atoms. The van der Waals surface area contributed by atoms with Crippen LogP contribution in [0.1, 0.15) is 24.0 Å². The number of aryl methyl sites for hydroxylation is 2. The molecule has 1 fully saturated rings. The van der Waals surface area contributed by atoms with Crippen LogP contribution < -0.4 is 4.74 Å². The number of alkyl halides is 3. The summed E-state index contributed by atoms with van der Waals surface area (Å²) in [6, 6.07) is 5.94. The van der Waals surface area contributed by atoms with Crippen LogP contribution in [0.3, 0.4) is 0 Å². The van der Waals surface area contributed by atoms with Crippen molar-refractivity contribution in [1.29, 1.82) is 0 Å². The number of hydrogen-bond acceptors (Lipinski definition) is 3. The van der Waals surface area contributed by atoms with E-state index in [9.17, 15) is 18.3 Å². The molecular weight excluding hydrogens is 295 g/mol. The average molecular weight is 317 g/mol. The molecule has 0 aromatic heterocycles. The second kappa shape index (κ2) is 6.46. The van der Waals surface area contributed by atoms with Crippen molar-refractivity contribution in [3.8, 4) is 5.75 Å². The van der Waals surface area contributed by atoms with E-state index in [-0.39, 0.29) is 25.9 Å². The van der Waals surface area contributed by atoms with Gasteiger partial charge < -0.3 is 9.84 Å². The molecule has 2 rings (SSSR count). The Morgan fingerprint density at radius 1 is 1.23 bits per heavy atom. The second-order valence-corrected chi connectivity index (χ2v) is 5.99. The number of likely N-dealkylation sites (tertiary alicyclic amines) is 1. The lowest BCUT2D eigenvalue weighted by molar-refractivity contribution is -0.272. The van der Waals surface area contributed by atoms with E-state index in [1.54, 1.807) is 0 Å². The molecule has 124 valence electrons. The number of nitrogens with zero attached hydrogens (tertiary/aromatic N) is 1. The first-order valence-corrected chi connectivity index (χ1v) is 7.43. The molecule has 3 nitrogen and oxygen atoms in total. The molecule has 1 saturated heterocycles. The van der Waals surface area contributed by atoms with Gasteiger partial charge in [-0.25, -0.2) is 0 Å². The maximum absolute atomic E-state index is 12.7. The molecule has 0 radical (unpaired) electrons. The fraction of sp³-hybridized carbons (Fsp3) is 0.625. The van der Waals surface area contributed by atoms with Gasteiger partial charge in [-0.05, 0) is 43.9 Å². The molecule has 1 aliphatic rings. The summed E-state index contributed by atoms with van der Waals surface area (Å²) in [4.78, 5) is 1.89. The van der Waals surface area contributed by atoms with Gasteiger partial charge in [0.05, 0.1) is 0 Å². The van der Waals surface area contributed by atoms with E-state index < -0.39 is 11.8 Å². The number of halogens is 3. The predicted octanol–water partition coefficient (Wildman–Crippen LogP) is 3.07. The molecule has 1 heterocycles. The summed E-state index contributed by atoms with van der Waals surface area (Å²) in [5.41, 5.74) is -0.387. The highest BCUT2D eigenvalue weighted by atomic mass is 19.4. The van der Waals surface area contributed by atoms with Crippen LogP contribution in [0.4, 0.5) is 13.2 Å². The van der Waals surface area contributed by atoms with Gasteiger partial charge in [0.1, 0.15) is 12.4 Å². The first kappa shape index (κ1) is 17.1. The van der Waals surface area contributed by atoms with Crippen molar-refractivity contribution < 1.29 is 23.0 Å². The number of rotatable bonds is 4. The lowest BCUT2D eigenvalue weighted by Gasteiger charge is -2.39. The van der Waals surface area contributed by atoms with E-state index in [2.05, 4.69) is 0 Å². The van der Waals surface area contributed by atoms with Crippen molar-refractivity contribution in [2.45, 2.75) is 38.5 Å². The zero-order chi connectivity index (χ0) is 16.4. The van der Waals surface area contributed by atoms with E-state index in [1.165, 1.54) is 0 Å². The Morgan fingerprint density at radius 3 is 2.45 bits per heavy atom. The van der Waals surface area contributed by atoms with Gasteiger partial charge in [-0.2, -0.15) is 13.2 Å². The Balaban J connectivity index is 1.79. The monoisotopic (exact) mass is 317 g/mol. The van der Waals surface area contributed by atoms with Gasteiger partial charge in [0, 0.05) is 19.6 Å². The largest absolute Gasteiger partial charge is 0.492 e. The molecule has 1 aliphatic heterocycles. The van der Waals surface area contributed by atoms with Crippen molar-refractivity contribution in [2.75, 3.05) is 26.2 Å². The van der Waals surface area contributed by atoms with Crippen molar-refractivity contribution in [3.63, 3.8) is 0 Å². The minimum atomic E-state index is -4.55. The number of hydrogen-bond donors (Lipinski definition) is 1. The van der Waals surface area contributed by atoms with E-state index >= 15 is 0 Å². The van der Waals surface area contributed by atoms with Crippen LogP contribution in [0, 0.1) is 13.8 Å². The summed E-state index contributed by atoms with van der Waals surface area (Å²) >= 11 is 0. The Kier molecular flexibility index (Phi) is 5.02. The Bertz CT molecular complexity index is 509. The van der Waals surface area contributed by atoms with Crippen LogP contribution in [0.5, 0.6) is 5.75 Å². The maximum atomic E-state index is 12.7. The van der Waals surface area contributed by atoms with Gasteiger partial charge in [0.2, 0.25) is 0 Å². The molecule has 0 unspecified atom stereocenters. The molecule has 0 atom stereocenters. The fourth-order valence-corrected chi connectivity index (χ4v) is 2.58. The highest BCUT2D eigenvalue weighted by Gasteiger charge is 2.54. The van der Waals surface area contributed by atoms with E-state index in [0.29, 0.717) is 13.2 Å². The third-order valence-corrected chi connectivity index (χ3v) is 4.22. The van der Waals surface area contributed by atoms with Crippen LogP contribution in [-0.4, -0.2) is 48.0 Å². The number of piperidine rings is 1. The smallest absolute Gasteiger partial charge is 0.417 e. The SMILES string of the molecule is Cc1ccc(C)c(OCCN2CCC(O)(C(F)(F)F)CC2)c1. The molecule has 1 aromatic carbocycles. The van der Waals surface area contributed by atoms with Crippen molar-refractivity contribution >= 4 is 0 Å². The normalized spacial score (nSPS) is 19.2. The molecule has 6 heteroatoms. The number of benzene rings is 1. The zero-order valence-electron chi connectivity index (χ0n) is 12.9. The van der Waals surface area contributed by atoms with Crippen LogP contribution in [0.25, 0.3) is 0 Å². The minimum Gasteiger partial charge on any atom is -0.492 e. The van der Waals surface area contributed by atoms with Crippen molar-refractivity contribution in [2.24, 2.45) is 0 Å². The van der Waals surface area contributed by atoms with Crippen molar-refractivity contribution in [3.05, 3.63) is 29.3 Å². The molecule has 1 N–H and O–H groups in total. The molecule has 0 spiro atoms. The number of ether oxygens (including phenoxy) is 1. The van der Waals surface area contributed by atoms with E-state index in [1.807, 2.05) is 36.9 Å². The summed E-state index contributed by atoms with van der Waals surface area (Å²) in [5.74, 6) is 0.809. The number of aliphatic hydroxyl groups is 1. The lowest BCUT2D eigenvalue weighted by atomic mass is 9.91. The van der Waals surface area contributed by atoms with Crippen LogP contribution >= 0.6 is 0 Å². The fourth-order valence-electron chi connectivity index (χ4n) is 2.58. The highest BCUT2D eigenvalue weighted by molar-refractivity contribution is 5.35. The van der Waals surface area contributed by atoms with Crippen molar-refractivity contribution in [1.82, 2.24) is 4.90 Å². The summed E-state index contributed by atoms with van der Waals surface area (Å²) < 4.78 is 43.9. The standard InChI is InChI=1S/C16H22F3NO2/c1-12-3-4-13(2)14(11-12)22-10-9-20-7-5-15(21,6-8-20)16(17,18)19/h3-4,11,21H,5-10H2,1-2H3. The van der Waals surface area contributed by atoms with Gasteiger partial charge in [-0.1, -0.05) is 12.1 Å². The maximum Gasteiger partial charge on any atom is 0.417 e. The molecule has 0 saturated carbocycles.